The second-order valence-electron chi connectivity index (χ2n) is 3.94. The van der Waals surface area contributed by atoms with Gasteiger partial charge in [0.1, 0.15) is 0 Å². The molecule has 0 saturated heterocycles. The van der Waals surface area contributed by atoms with Crippen LogP contribution in [0.15, 0.2) is 35.4 Å². The van der Waals surface area contributed by atoms with Crippen LogP contribution >= 0.6 is 11.8 Å². The maximum Gasteiger partial charge on any atom is 0.168 e. The topological polar surface area (TPSA) is 47.8 Å². The van der Waals surface area contributed by atoms with Crippen molar-refractivity contribution < 1.29 is 4.79 Å². The van der Waals surface area contributed by atoms with E-state index in [9.17, 15) is 4.79 Å². The lowest BCUT2D eigenvalue weighted by Gasteiger charge is -2.01. The van der Waals surface area contributed by atoms with Gasteiger partial charge < -0.3 is 0 Å². The smallest absolute Gasteiger partial charge is 0.168 e. The number of nitrogens with zero attached hydrogens (tertiary/aromatic N) is 3. The first-order chi connectivity index (χ1) is 8.69. The van der Waals surface area contributed by atoms with Crippen LogP contribution in [0.5, 0.6) is 0 Å². The number of carbonyl (C=O) groups excluding carboxylic acids is 1. The summed E-state index contributed by atoms with van der Waals surface area (Å²) in [6, 6.07) is 7.71. The van der Waals surface area contributed by atoms with Crippen molar-refractivity contribution in [3.63, 3.8) is 0 Å². The predicted octanol–water partition coefficient (Wildman–Crippen LogP) is 2.35. The monoisotopic (exact) mass is 261 g/mol. The second kappa shape index (κ2) is 5.82. The first-order valence-corrected chi connectivity index (χ1v) is 6.79. The Hall–Kier alpha value is -1.62. The van der Waals surface area contributed by atoms with Gasteiger partial charge in [0.25, 0.3) is 0 Å². The third kappa shape index (κ3) is 3.20. The molecule has 0 bridgehead atoms. The van der Waals surface area contributed by atoms with Crippen molar-refractivity contribution in [1.82, 2.24) is 15.0 Å². The predicted molar refractivity (Wildman–Crippen MR) is 71.9 cm³/mol. The van der Waals surface area contributed by atoms with Gasteiger partial charge in [-0.25, -0.2) is 0 Å². The molecular weight excluding hydrogens is 246 g/mol. The highest BCUT2D eigenvalue weighted by molar-refractivity contribution is 7.99. The average molecular weight is 261 g/mol. The van der Waals surface area contributed by atoms with Gasteiger partial charge in [-0.3, -0.25) is 9.48 Å². The van der Waals surface area contributed by atoms with Gasteiger partial charge in [0, 0.05) is 23.7 Å². The maximum atomic E-state index is 12.0. The lowest BCUT2D eigenvalue weighted by atomic mass is 10.1. The number of ketones is 1. The number of thioether (sulfide) groups is 1. The fraction of sp³-hybridized carbons (Fsp3) is 0.308. The molecule has 94 valence electrons. The van der Waals surface area contributed by atoms with Crippen LogP contribution in [0.4, 0.5) is 0 Å². The summed E-state index contributed by atoms with van der Waals surface area (Å²) < 4.78 is 1.60. The molecule has 4 nitrogen and oxygen atoms in total. The van der Waals surface area contributed by atoms with Gasteiger partial charge in [0.2, 0.25) is 0 Å². The normalized spacial score (nSPS) is 10.6. The molecule has 1 aromatic carbocycles. The number of aryl methyl sites for hydroxylation is 1. The minimum Gasteiger partial charge on any atom is -0.294 e. The number of carbonyl (C=O) groups is 1. The van der Waals surface area contributed by atoms with Crippen LogP contribution in [-0.2, 0) is 13.5 Å². The van der Waals surface area contributed by atoms with Gasteiger partial charge in [-0.05, 0) is 17.9 Å². The minimum absolute atomic E-state index is 0.0727. The van der Waals surface area contributed by atoms with Crippen LogP contribution in [0, 0.1) is 0 Å². The first-order valence-electron chi connectivity index (χ1n) is 5.80. The lowest BCUT2D eigenvalue weighted by molar-refractivity contribution is 0.0992. The molecule has 2 rings (SSSR count). The standard InChI is InChI=1S/C13H15N3OS/c1-3-18-12-6-4-10(5-7-12)13(17)8-11-9-16(2)15-14-11/h4-7,9H,3,8H2,1-2H3. The van der Waals surface area contributed by atoms with E-state index in [0.29, 0.717) is 12.1 Å². The molecule has 0 N–H and O–H groups in total. The van der Waals surface area contributed by atoms with Crippen molar-refractivity contribution in [2.24, 2.45) is 7.05 Å². The van der Waals surface area contributed by atoms with E-state index in [2.05, 4.69) is 17.2 Å². The highest BCUT2D eigenvalue weighted by Gasteiger charge is 2.09. The number of Topliss-reactive ketones (excluding diaryl/α,β-unsaturated/α-hetero) is 1. The Balaban J connectivity index is 2.04. The Morgan fingerprint density at radius 3 is 2.61 bits per heavy atom. The molecule has 0 spiro atoms. The average Bonchev–Trinajstić information content (AvgIpc) is 2.76. The van der Waals surface area contributed by atoms with Crippen LogP contribution in [-0.4, -0.2) is 26.5 Å². The van der Waals surface area contributed by atoms with E-state index in [-0.39, 0.29) is 5.78 Å². The molecule has 18 heavy (non-hydrogen) atoms. The summed E-state index contributed by atoms with van der Waals surface area (Å²) >= 11 is 1.77. The summed E-state index contributed by atoms with van der Waals surface area (Å²) in [7, 11) is 1.79. The van der Waals surface area contributed by atoms with Crippen LogP contribution in [0.1, 0.15) is 23.0 Å². The van der Waals surface area contributed by atoms with Crippen molar-refractivity contribution >= 4 is 17.5 Å². The van der Waals surface area contributed by atoms with E-state index in [0.717, 1.165) is 11.3 Å². The van der Waals surface area contributed by atoms with Crippen molar-refractivity contribution in [3.05, 3.63) is 41.7 Å². The van der Waals surface area contributed by atoms with Gasteiger partial charge in [-0.15, -0.1) is 16.9 Å². The molecule has 0 saturated carbocycles. The molecule has 0 aliphatic heterocycles. The Kier molecular flexibility index (Phi) is 4.15. The molecular formula is C13H15N3OS. The third-order valence-electron chi connectivity index (χ3n) is 2.48. The number of rotatable bonds is 5. The van der Waals surface area contributed by atoms with Gasteiger partial charge in [-0.1, -0.05) is 24.3 Å². The molecule has 0 aliphatic carbocycles. The fourth-order valence-corrected chi connectivity index (χ4v) is 2.31. The Morgan fingerprint density at radius 1 is 1.33 bits per heavy atom. The van der Waals surface area contributed by atoms with Crippen LogP contribution in [0.2, 0.25) is 0 Å². The van der Waals surface area contributed by atoms with Crippen molar-refractivity contribution in [3.8, 4) is 0 Å². The lowest BCUT2D eigenvalue weighted by Crippen LogP contribution is -2.03. The van der Waals surface area contributed by atoms with Gasteiger partial charge >= 0.3 is 0 Å². The Labute approximate surface area is 110 Å². The zero-order chi connectivity index (χ0) is 13.0. The molecule has 0 unspecified atom stereocenters. The van der Waals surface area contributed by atoms with E-state index in [4.69, 9.17) is 0 Å². The van der Waals surface area contributed by atoms with Crippen LogP contribution < -0.4 is 0 Å². The molecule has 0 amide bonds. The molecule has 2 aromatic rings. The van der Waals surface area contributed by atoms with Crippen LogP contribution in [0.3, 0.4) is 0 Å². The Bertz CT molecular complexity index is 533. The van der Waals surface area contributed by atoms with E-state index in [1.54, 1.807) is 29.7 Å². The molecule has 1 heterocycles. The summed E-state index contributed by atoms with van der Waals surface area (Å²) in [6.07, 6.45) is 2.06. The number of benzene rings is 1. The number of aromatic nitrogens is 3. The van der Waals surface area contributed by atoms with E-state index in [1.165, 1.54) is 4.90 Å². The van der Waals surface area contributed by atoms with E-state index >= 15 is 0 Å². The summed E-state index contributed by atoms with van der Waals surface area (Å²) in [5, 5.41) is 7.73. The number of hydrogen-bond donors (Lipinski definition) is 0. The largest absolute Gasteiger partial charge is 0.294 e. The molecule has 0 fully saturated rings. The second-order valence-corrected chi connectivity index (χ2v) is 5.28. The third-order valence-corrected chi connectivity index (χ3v) is 3.37. The van der Waals surface area contributed by atoms with Gasteiger partial charge in [0.05, 0.1) is 12.1 Å². The van der Waals surface area contributed by atoms with Gasteiger partial charge in [-0.2, -0.15) is 0 Å². The summed E-state index contributed by atoms with van der Waals surface area (Å²) in [5.74, 6) is 1.11. The molecule has 1 aromatic heterocycles. The molecule has 5 heteroatoms. The Morgan fingerprint density at radius 2 is 2.06 bits per heavy atom. The molecule has 0 atom stereocenters. The van der Waals surface area contributed by atoms with E-state index < -0.39 is 0 Å². The molecule has 0 radical (unpaired) electrons. The fourth-order valence-electron chi connectivity index (χ4n) is 1.65. The van der Waals surface area contributed by atoms with Crippen LogP contribution in [0.25, 0.3) is 0 Å². The van der Waals surface area contributed by atoms with Gasteiger partial charge in [0.15, 0.2) is 5.78 Å². The highest BCUT2D eigenvalue weighted by Crippen LogP contribution is 2.18. The zero-order valence-corrected chi connectivity index (χ0v) is 11.3. The van der Waals surface area contributed by atoms with E-state index in [1.807, 2.05) is 24.3 Å². The van der Waals surface area contributed by atoms with Crippen molar-refractivity contribution in [2.75, 3.05) is 5.75 Å². The number of hydrogen-bond acceptors (Lipinski definition) is 4. The zero-order valence-electron chi connectivity index (χ0n) is 10.5. The van der Waals surface area contributed by atoms with Crippen molar-refractivity contribution in [2.45, 2.75) is 18.2 Å². The quantitative estimate of drug-likeness (QED) is 0.612. The maximum absolute atomic E-state index is 12.0. The highest BCUT2D eigenvalue weighted by atomic mass is 32.2. The summed E-state index contributed by atoms with van der Waals surface area (Å²) in [6.45, 7) is 2.11. The molecule has 0 aliphatic rings. The van der Waals surface area contributed by atoms with Crippen molar-refractivity contribution in [1.29, 1.82) is 0 Å². The SMILES string of the molecule is CCSc1ccc(C(=O)Cc2cn(C)nn2)cc1. The first kappa shape index (κ1) is 12.8. The minimum atomic E-state index is 0.0727. The summed E-state index contributed by atoms with van der Waals surface area (Å²) in [5.41, 5.74) is 1.43. The summed E-state index contributed by atoms with van der Waals surface area (Å²) in [4.78, 5) is 13.2.